The zero-order valence-electron chi connectivity index (χ0n) is 12.7. The Bertz CT molecular complexity index is 744. The van der Waals surface area contributed by atoms with Gasteiger partial charge in [0, 0.05) is 20.4 Å². The highest BCUT2D eigenvalue weighted by Crippen LogP contribution is 2.47. The summed E-state index contributed by atoms with van der Waals surface area (Å²) in [5, 5.41) is 0. The van der Waals surface area contributed by atoms with Gasteiger partial charge in [-0.15, -0.1) is 0 Å². The first-order valence-corrected chi connectivity index (χ1v) is 8.98. The normalized spacial score (nSPS) is 12.7. The van der Waals surface area contributed by atoms with Gasteiger partial charge in [-0.1, -0.05) is 50.6 Å². The van der Waals surface area contributed by atoms with E-state index in [9.17, 15) is 4.79 Å². The van der Waals surface area contributed by atoms with Gasteiger partial charge in [0.1, 0.15) is 0 Å². The van der Waals surface area contributed by atoms with Gasteiger partial charge in [-0.2, -0.15) is 0 Å². The number of rotatable bonds is 4. The zero-order chi connectivity index (χ0) is 16.6. The van der Waals surface area contributed by atoms with Crippen molar-refractivity contribution in [1.29, 1.82) is 0 Å². The molecule has 0 unspecified atom stereocenters. The average Bonchev–Trinajstić information content (AvgIpc) is 2.80. The Labute approximate surface area is 152 Å². The van der Waals surface area contributed by atoms with Crippen molar-refractivity contribution in [2.75, 3.05) is 6.61 Å². The first-order valence-electron chi connectivity index (χ1n) is 7.39. The first-order chi connectivity index (χ1) is 11.0. The molecule has 0 bridgehead atoms. The second-order valence-corrected chi connectivity index (χ2v) is 7.55. The standard InChI is InChI=1S/C19H16Br2O2/c1-11(2)19(22)23-8-7-16-14-5-3-12(20)9-17(14)18-10-13(21)4-6-15(16)18/h3-6,9-10,16H,1,7-8H2,2H3. The SMILES string of the molecule is C=C(C)C(=O)OCCC1c2ccc(Br)cc2-c2cc(Br)ccc21. The maximum Gasteiger partial charge on any atom is 0.333 e. The molecule has 0 amide bonds. The minimum Gasteiger partial charge on any atom is -0.462 e. The minimum atomic E-state index is -0.324. The summed E-state index contributed by atoms with van der Waals surface area (Å²) in [4.78, 5) is 11.6. The van der Waals surface area contributed by atoms with E-state index < -0.39 is 0 Å². The van der Waals surface area contributed by atoms with Crippen LogP contribution in [0.15, 0.2) is 57.5 Å². The molecule has 0 aliphatic heterocycles. The van der Waals surface area contributed by atoms with Crippen molar-refractivity contribution in [2.45, 2.75) is 19.3 Å². The fourth-order valence-electron chi connectivity index (χ4n) is 3.00. The third kappa shape index (κ3) is 3.29. The summed E-state index contributed by atoms with van der Waals surface area (Å²) in [7, 11) is 0. The number of fused-ring (bicyclic) bond motifs is 3. The summed E-state index contributed by atoms with van der Waals surface area (Å²) in [6, 6.07) is 12.7. The van der Waals surface area contributed by atoms with Crippen LogP contribution in [-0.4, -0.2) is 12.6 Å². The van der Waals surface area contributed by atoms with E-state index in [-0.39, 0.29) is 11.9 Å². The van der Waals surface area contributed by atoms with Gasteiger partial charge in [0.15, 0.2) is 0 Å². The van der Waals surface area contributed by atoms with E-state index in [0.29, 0.717) is 12.2 Å². The van der Waals surface area contributed by atoms with Gasteiger partial charge in [-0.3, -0.25) is 0 Å². The summed E-state index contributed by atoms with van der Waals surface area (Å²) in [6.07, 6.45) is 0.766. The van der Waals surface area contributed by atoms with E-state index in [1.165, 1.54) is 22.3 Å². The highest BCUT2D eigenvalue weighted by atomic mass is 79.9. The van der Waals surface area contributed by atoms with Crippen LogP contribution in [0.2, 0.25) is 0 Å². The summed E-state index contributed by atoms with van der Waals surface area (Å²) in [6.45, 7) is 5.67. The fraction of sp³-hybridized carbons (Fsp3) is 0.211. The molecule has 4 heteroatoms. The molecule has 0 radical (unpaired) electrons. The molecule has 0 atom stereocenters. The minimum absolute atomic E-state index is 0.249. The molecule has 1 aliphatic carbocycles. The Morgan fingerprint density at radius 1 is 1.09 bits per heavy atom. The van der Waals surface area contributed by atoms with E-state index in [0.717, 1.165) is 15.4 Å². The molecule has 0 aromatic heterocycles. The number of hydrogen-bond donors (Lipinski definition) is 0. The lowest BCUT2D eigenvalue weighted by atomic mass is 9.94. The van der Waals surface area contributed by atoms with Gasteiger partial charge in [0.25, 0.3) is 0 Å². The first kappa shape index (κ1) is 16.5. The van der Waals surface area contributed by atoms with Crippen LogP contribution >= 0.6 is 31.9 Å². The zero-order valence-corrected chi connectivity index (χ0v) is 15.9. The van der Waals surface area contributed by atoms with Crippen LogP contribution < -0.4 is 0 Å². The number of carbonyl (C=O) groups is 1. The van der Waals surface area contributed by atoms with Crippen LogP contribution in [0.5, 0.6) is 0 Å². The van der Waals surface area contributed by atoms with Gasteiger partial charge < -0.3 is 4.74 Å². The molecule has 0 spiro atoms. The number of carbonyl (C=O) groups excluding carboxylic acids is 1. The van der Waals surface area contributed by atoms with Crippen LogP contribution in [0.4, 0.5) is 0 Å². The topological polar surface area (TPSA) is 26.3 Å². The molecule has 118 valence electrons. The molecule has 0 N–H and O–H groups in total. The van der Waals surface area contributed by atoms with Crippen molar-refractivity contribution in [3.05, 3.63) is 68.6 Å². The molecule has 23 heavy (non-hydrogen) atoms. The highest BCUT2D eigenvalue weighted by molar-refractivity contribution is 9.10. The fourth-order valence-corrected chi connectivity index (χ4v) is 3.72. The van der Waals surface area contributed by atoms with Crippen LogP contribution in [-0.2, 0) is 9.53 Å². The lowest BCUT2D eigenvalue weighted by Crippen LogP contribution is -2.09. The lowest BCUT2D eigenvalue weighted by Gasteiger charge is -2.14. The van der Waals surface area contributed by atoms with Crippen molar-refractivity contribution < 1.29 is 9.53 Å². The number of halogens is 2. The molecule has 0 saturated carbocycles. The monoisotopic (exact) mass is 434 g/mol. The van der Waals surface area contributed by atoms with Crippen molar-refractivity contribution in [3.8, 4) is 11.1 Å². The van der Waals surface area contributed by atoms with Crippen molar-refractivity contribution in [2.24, 2.45) is 0 Å². The number of esters is 1. The molecule has 0 heterocycles. The quantitative estimate of drug-likeness (QED) is 0.445. The van der Waals surface area contributed by atoms with Gasteiger partial charge in [0.05, 0.1) is 6.61 Å². The van der Waals surface area contributed by atoms with Crippen LogP contribution in [0.25, 0.3) is 11.1 Å². The molecule has 2 aromatic carbocycles. The van der Waals surface area contributed by atoms with Crippen LogP contribution in [0.1, 0.15) is 30.4 Å². The summed E-state index contributed by atoms with van der Waals surface area (Å²) < 4.78 is 7.42. The van der Waals surface area contributed by atoms with Gasteiger partial charge >= 0.3 is 5.97 Å². The molecule has 2 nitrogen and oxygen atoms in total. The van der Waals surface area contributed by atoms with Crippen LogP contribution in [0, 0.1) is 0 Å². The third-order valence-electron chi connectivity index (χ3n) is 4.06. The van der Waals surface area contributed by atoms with Gasteiger partial charge in [0.2, 0.25) is 0 Å². The predicted octanol–water partition coefficient (Wildman–Crippen LogP) is 5.83. The molecular formula is C19H16Br2O2. The maximum atomic E-state index is 11.6. The number of ether oxygens (including phenoxy) is 1. The Morgan fingerprint density at radius 2 is 1.61 bits per heavy atom. The van der Waals surface area contributed by atoms with Crippen molar-refractivity contribution in [3.63, 3.8) is 0 Å². The van der Waals surface area contributed by atoms with E-state index in [4.69, 9.17) is 4.74 Å². The summed E-state index contributed by atoms with van der Waals surface area (Å²) in [5.74, 6) is -0.0748. The second kappa shape index (κ2) is 6.62. The van der Waals surface area contributed by atoms with Crippen LogP contribution in [0.3, 0.4) is 0 Å². The Kier molecular flexibility index (Phi) is 4.74. The smallest absolute Gasteiger partial charge is 0.333 e. The Balaban J connectivity index is 1.90. The van der Waals surface area contributed by atoms with E-state index in [1.807, 2.05) is 0 Å². The molecule has 2 aromatic rings. The lowest BCUT2D eigenvalue weighted by molar-refractivity contribution is -0.139. The Morgan fingerprint density at radius 3 is 2.09 bits per heavy atom. The van der Waals surface area contributed by atoms with Gasteiger partial charge in [-0.05, 0) is 59.9 Å². The Hall–Kier alpha value is -1.39. The van der Waals surface area contributed by atoms with Crippen molar-refractivity contribution in [1.82, 2.24) is 0 Å². The number of benzene rings is 2. The molecular weight excluding hydrogens is 420 g/mol. The highest BCUT2D eigenvalue weighted by Gasteiger charge is 2.28. The number of hydrogen-bond acceptors (Lipinski definition) is 2. The van der Waals surface area contributed by atoms with Crippen molar-refractivity contribution >= 4 is 37.8 Å². The molecule has 3 rings (SSSR count). The largest absolute Gasteiger partial charge is 0.462 e. The molecule has 1 aliphatic rings. The van der Waals surface area contributed by atoms with E-state index >= 15 is 0 Å². The van der Waals surface area contributed by atoms with Gasteiger partial charge in [-0.25, -0.2) is 4.79 Å². The second-order valence-electron chi connectivity index (χ2n) is 5.72. The third-order valence-corrected chi connectivity index (χ3v) is 5.05. The van der Waals surface area contributed by atoms with E-state index in [2.05, 4.69) is 74.8 Å². The molecule has 0 saturated heterocycles. The van der Waals surface area contributed by atoms with E-state index in [1.54, 1.807) is 6.92 Å². The molecule has 0 fully saturated rings. The maximum absolute atomic E-state index is 11.6. The summed E-state index contributed by atoms with van der Waals surface area (Å²) in [5.41, 5.74) is 5.49. The average molecular weight is 436 g/mol. The summed E-state index contributed by atoms with van der Waals surface area (Å²) >= 11 is 7.10. The predicted molar refractivity (Wildman–Crippen MR) is 99.5 cm³/mol.